The Morgan fingerprint density at radius 3 is 2.52 bits per heavy atom. The monoisotopic (exact) mass is 417 g/mol. The highest BCUT2D eigenvalue weighted by Gasteiger charge is 2.27. The molecule has 0 spiro atoms. The van der Waals surface area contributed by atoms with Gasteiger partial charge in [0.15, 0.2) is 18.1 Å². The van der Waals surface area contributed by atoms with Crippen molar-refractivity contribution >= 4 is 23.5 Å². The topological polar surface area (TPSA) is 73.9 Å². The molecule has 0 fully saturated rings. The first-order chi connectivity index (χ1) is 13.9. The van der Waals surface area contributed by atoms with E-state index >= 15 is 0 Å². The van der Waals surface area contributed by atoms with Gasteiger partial charge < -0.3 is 19.5 Å². The van der Waals surface area contributed by atoms with Gasteiger partial charge in [0.1, 0.15) is 12.7 Å². The van der Waals surface area contributed by atoms with E-state index in [2.05, 4.69) is 5.32 Å². The van der Waals surface area contributed by atoms with Gasteiger partial charge in [-0.05, 0) is 35.7 Å². The van der Waals surface area contributed by atoms with Crippen molar-refractivity contribution in [2.75, 3.05) is 19.8 Å². The van der Waals surface area contributed by atoms with Gasteiger partial charge >= 0.3 is 5.97 Å². The van der Waals surface area contributed by atoms with E-state index in [1.165, 1.54) is 0 Å². The van der Waals surface area contributed by atoms with Crippen LogP contribution in [-0.2, 0) is 14.3 Å². The quantitative estimate of drug-likeness (QED) is 0.697. The summed E-state index contributed by atoms with van der Waals surface area (Å²) in [6.07, 6.45) is -0.304. The molecule has 1 aliphatic heterocycles. The molecule has 3 rings (SSSR count). The molecule has 2 aromatic rings. The summed E-state index contributed by atoms with van der Waals surface area (Å²) in [5, 5.41) is 3.31. The van der Waals surface area contributed by atoms with Gasteiger partial charge in [-0.25, -0.2) is 0 Å². The maximum Gasteiger partial charge on any atom is 0.314 e. The van der Waals surface area contributed by atoms with Crippen molar-refractivity contribution < 1.29 is 23.8 Å². The number of rotatable bonds is 7. The Morgan fingerprint density at radius 1 is 1.14 bits per heavy atom. The minimum atomic E-state index is -0.466. The van der Waals surface area contributed by atoms with Gasteiger partial charge in [-0.15, -0.1) is 0 Å². The summed E-state index contributed by atoms with van der Waals surface area (Å²) < 4.78 is 16.6. The second kappa shape index (κ2) is 9.65. The van der Waals surface area contributed by atoms with Gasteiger partial charge in [0, 0.05) is 5.02 Å². The lowest BCUT2D eigenvalue weighted by atomic mass is 9.88. The van der Waals surface area contributed by atoms with Gasteiger partial charge in [-0.3, -0.25) is 9.59 Å². The third-order valence-corrected chi connectivity index (χ3v) is 4.84. The second-order valence-corrected chi connectivity index (χ2v) is 7.62. The number of carbonyl (C=O) groups excluding carboxylic acids is 2. The van der Waals surface area contributed by atoms with Crippen LogP contribution in [0.5, 0.6) is 11.5 Å². The smallest absolute Gasteiger partial charge is 0.314 e. The standard InChI is InChI=1S/C22H24ClNO5/c1-14(2)21(15-7-9-16(23)10-8-15)22(26)28-13-20(25)24-11-17-12-27-18-5-3-4-6-19(18)29-17/h3-10,14,17,21H,11-13H2,1-2H3,(H,24,25)/t17-,21-/m1/s1. The fraction of sp³-hybridized carbons (Fsp3) is 0.364. The van der Waals surface area contributed by atoms with E-state index in [4.69, 9.17) is 25.8 Å². The Hall–Kier alpha value is -2.73. The first kappa shape index (κ1) is 21.0. The molecule has 1 heterocycles. The lowest BCUT2D eigenvalue weighted by Crippen LogP contribution is -2.42. The molecule has 0 aromatic heterocycles. The summed E-state index contributed by atoms with van der Waals surface area (Å²) in [6, 6.07) is 14.4. The molecule has 0 unspecified atom stereocenters. The van der Waals surface area contributed by atoms with Crippen molar-refractivity contribution in [3.63, 3.8) is 0 Å². The number of hydrogen-bond donors (Lipinski definition) is 1. The molecule has 2 aromatic carbocycles. The summed E-state index contributed by atoms with van der Waals surface area (Å²) in [6.45, 7) is 4.11. The van der Waals surface area contributed by atoms with Crippen molar-refractivity contribution in [2.45, 2.75) is 25.9 Å². The summed E-state index contributed by atoms with van der Waals surface area (Å²) in [7, 11) is 0. The van der Waals surface area contributed by atoms with Crippen LogP contribution in [-0.4, -0.2) is 37.7 Å². The zero-order valence-corrected chi connectivity index (χ0v) is 17.1. The van der Waals surface area contributed by atoms with Crippen molar-refractivity contribution in [1.29, 1.82) is 0 Å². The van der Waals surface area contributed by atoms with Gasteiger partial charge in [0.25, 0.3) is 5.91 Å². The largest absolute Gasteiger partial charge is 0.486 e. The number of amides is 1. The minimum Gasteiger partial charge on any atom is -0.486 e. The van der Waals surface area contributed by atoms with Gasteiger partial charge in [0.05, 0.1) is 12.5 Å². The molecule has 0 radical (unpaired) electrons. The summed E-state index contributed by atoms with van der Waals surface area (Å²) in [4.78, 5) is 24.6. The molecule has 0 saturated heterocycles. The Labute approximate surface area is 175 Å². The SMILES string of the molecule is CC(C)[C@@H](C(=O)OCC(=O)NC[C@@H]1COc2ccccc2O1)c1ccc(Cl)cc1. The van der Waals surface area contributed by atoms with Crippen LogP contribution in [0.1, 0.15) is 25.3 Å². The predicted octanol–water partition coefficient (Wildman–Crippen LogP) is 3.58. The molecule has 1 N–H and O–H groups in total. The molecule has 1 amide bonds. The van der Waals surface area contributed by atoms with E-state index in [1.807, 2.05) is 38.1 Å². The highest BCUT2D eigenvalue weighted by Crippen LogP contribution is 2.30. The van der Waals surface area contributed by atoms with Crippen molar-refractivity contribution in [3.8, 4) is 11.5 Å². The second-order valence-electron chi connectivity index (χ2n) is 7.18. The molecule has 154 valence electrons. The highest BCUT2D eigenvalue weighted by molar-refractivity contribution is 6.30. The summed E-state index contributed by atoms with van der Waals surface area (Å²) in [5.74, 6) is 0.0485. The zero-order chi connectivity index (χ0) is 20.8. The lowest BCUT2D eigenvalue weighted by Gasteiger charge is -2.26. The van der Waals surface area contributed by atoms with Crippen LogP contribution in [0, 0.1) is 5.92 Å². The first-order valence-corrected chi connectivity index (χ1v) is 9.89. The van der Waals surface area contributed by atoms with E-state index in [1.54, 1.807) is 24.3 Å². The van der Waals surface area contributed by atoms with Gasteiger partial charge in [0.2, 0.25) is 0 Å². The van der Waals surface area contributed by atoms with Crippen molar-refractivity contribution in [3.05, 3.63) is 59.1 Å². The van der Waals surface area contributed by atoms with Crippen molar-refractivity contribution in [2.24, 2.45) is 5.92 Å². The predicted molar refractivity (Wildman–Crippen MR) is 109 cm³/mol. The average molecular weight is 418 g/mol. The maximum absolute atomic E-state index is 12.5. The fourth-order valence-corrected chi connectivity index (χ4v) is 3.26. The number of carbonyl (C=O) groups is 2. The molecule has 1 aliphatic rings. The Bertz CT molecular complexity index is 853. The van der Waals surface area contributed by atoms with Gasteiger partial charge in [-0.1, -0.05) is 49.7 Å². The Balaban J connectivity index is 1.47. The molecule has 0 aliphatic carbocycles. The molecule has 29 heavy (non-hydrogen) atoms. The number of hydrogen-bond acceptors (Lipinski definition) is 5. The number of esters is 1. The molecule has 0 saturated carbocycles. The first-order valence-electron chi connectivity index (χ1n) is 9.51. The number of halogens is 1. The Morgan fingerprint density at radius 2 is 1.83 bits per heavy atom. The van der Waals surface area contributed by atoms with Crippen LogP contribution >= 0.6 is 11.6 Å². The van der Waals surface area contributed by atoms with E-state index in [0.717, 1.165) is 5.56 Å². The molecule has 7 heteroatoms. The normalized spacial score (nSPS) is 16.2. The summed E-state index contributed by atoms with van der Waals surface area (Å²) >= 11 is 5.92. The number of para-hydroxylation sites is 2. The summed E-state index contributed by atoms with van der Waals surface area (Å²) in [5.41, 5.74) is 0.807. The van der Waals surface area contributed by atoms with E-state index in [9.17, 15) is 9.59 Å². The van der Waals surface area contributed by atoms with Crippen LogP contribution in [0.25, 0.3) is 0 Å². The molecular formula is C22H24ClNO5. The van der Waals surface area contributed by atoms with Crippen molar-refractivity contribution in [1.82, 2.24) is 5.32 Å². The molecule has 0 bridgehead atoms. The van der Waals surface area contributed by atoms with Crippen LogP contribution in [0.4, 0.5) is 0 Å². The van der Waals surface area contributed by atoms with E-state index in [-0.39, 0.29) is 31.1 Å². The maximum atomic E-state index is 12.5. The number of benzene rings is 2. The Kier molecular flexibility index (Phi) is 6.99. The van der Waals surface area contributed by atoms with Gasteiger partial charge in [-0.2, -0.15) is 0 Å². The van der Waals surface area contributed by atoms with Crippen LogP contribution < -0.4 is 14.8 Å². The lowest BCUT2D eigenvalue weighted by molar-refractivity contribution is -0.151. The van der Waals surface area contributed by atoms with E-state index in [0.29, 0.717) is 23.1 Å². The molecular weight excluding hydrogens is 394 g/mol. The number of fused-ring (bicyclic) bond motifs is 1. The average Bonchev–Trinajstić information content (AvgIpc) is 2.72. The van der Waals surface area contributed by atoms with Crippen LogP contribution in [0.3, 0.4) is 0 Å². The highest BCUT2D eigenvalue weighted by atomic mass is 35.5. The fourth-order valence-electron chi connectivity index (χ4n) is 3.13. The van der Waals surface area contributed by atoms with Crippen LogP contribution in [0.15, 0.2) is 48.5 Å². The third kappa shape index (κ3) is 5.64. The van der Waals surface area contributed by atoms with E-state index < -0.39 is 11.9 Å². The third-order valence-electron chi connectivity index (χ3n) is 4.59. The number of nitrogens with one attached hydrogen (secondary N) is 1. The van der Waals surface area contributed by atoms with Crippen LogP contribution in [0.2, 0.25) is 5.02 Å². The number of ether oxygens (including phenoxy) is 3. The zero-order valence-electron chi connectivity index (χ0n) is 16.4. The molecule has 2 atom stereocenters. The molecule has 6 nitrogen and oxygen atoms in total. The minimum absolute atomic E-state index is 0.0135.